The summed E-state index contributed by atoms with van der Waals surface area (Å²) in [5, 5.41) is 8.90. The number of aryl methyl sites for hydroxylation is 1. The van der Waals surface area contributed by atoms with Gasteiger partial charge in [0.05, 0.1) is 22.8 Å². The van der Waals surface area contributed by atoms with Crippen molar-refractivity contribution in [1.82, 2.24) is 9.88 Å². The van der Waals surface area contributed by atoms with Gasteiger partial charge >= 0.3 is 5.97 Å². The zero-order valence-electron chi connectivity index (χ0n) is 10.9. The van der Waals surface area contributed by atoms with E-state index in [4.69, 9.17) is 5.11 Å². The van der Waals surface area contributed by atoms with E-state index in [1.54, 1.807) is 0 Å². The van der Waals surface area contributed by atoms with Gasteiger partial charge in [0, 0.05) is 13.1 Å². The molecule has 8 heteroatoms. The molecule has 0 saturated carbocycles. The molecule has 2 heterocycles. The lowest BCUT2D eigenvalue weighted by molar-refractivity contribution is 0.0692. The second-order valence-corrected chi connectivity index (χ2v) is 6.88. The molecule has 2 rings (SSSR count). The molecule has 1 aliphatic heterocycles. The Labute approximate surface area is 116 Å². The molecule has 0 unspecified atom stereocenters. The van der Waals surface area contributed by atoms with Crippen molar-refractivity contribution in [2.24, 2.45) is 0 Å². The molecular formula is C12H14N2O5S. The maximum absolute atomic E-state index is 12.2. The predicted octanol–water partition coefficient (Wildman–Crippen LogP) is -0.0412. The highest BCUT2D eigenvalue weighted by atomic mass is 32.2. The lowest BCUT2D eigenvalue weighted by Crippen LogP contribution is -2.44. The van der Waals surface area contributed by atoms with E-state index >= 15 is 0 Å². The van der Waals surface area contributed by atoms with Gasteiger partial charge in [-0.25, -0.2) is 18.2 Å². The summed E-state index contributed by atoms with van der Waals surface area (Å²) < 4.78 is 22.6. The highest BCUT2D eigenvalue weighted by Crippen LogP contribution is 2.11. The number of amides is 1. The number of aromatic nitrogens is 1. The molecule has 0 spiro atoms. The number of pyridine rings is 1. The highest BCUT2D eigenvalue weighted by molar-refractivity contribution is 7.91. The summed E-state index contributed by atoms with van der Waals surface area (Å²) in [6, 6.07) is 2.68. The third kappa shape index (κ3) is 2.96. The second kappa shape index (κ2) is 5.20. The molecule has 7 nitrogen and oxygen atoms in total. The lowest BCUT2D eigenvalue weighted by atomic mass is 10.2. The monoisotopic (exact) mass is 298 g/mol. The molecule has 1 saturated heterocycles. The van der Waals surface area contributed by atoms with Gasteiger partial charge in [0.15, 0.2) is 9.84 Å². The summed E-state index contributed by atoms with van der Waals surface area (Å²) in [4.78, 5) is 28.4. The van der Waals surface area contributed by atoms with Crippen LogP contribution in [0.15, 0.2) is 12.1 Å². The molecule has 20 heavy (non-hydrogen) atoms. The number of hydrogen-bond donors (Lipinski definition) is 1. The third-order valence-corrected chi connectivity index (χ3v) is 4.78. The van der Waals surface area contributed by atoms with Crippen molar-refractivity contribution in [1.29, 1.82) is 0 Å². The Bertz CT molecular complexity index is 654. The molecule has 0 aromatic carbocycles. The van der Waals surface area contributed by atoms with E-state index in [1.165, 1.54) is 24.0 Å². The molecule has 108 valence electrons. The third-order valence-electron chi connectivity index (χ3n) is 3.17. The van der Waals surface area contributed by atoms with Crippen LogP contribution >= 0.6 is 0 Å². The molecule has 1 aromatic heterocycles. The first-order valence-corrected chi connectivity index (χ1v) is 7.83. The number of rotatable bonds is 2. The van der Waals surface area contributed by atoms with Crippen LogP contribution in [0.1, 0.15) is 26.5 Å². The fraction of sp³-hybridized carbons (Fsp3) is 0.417. The Morgan fingerprint density at radius 3 is 2.35 bits per heavy atom. The molecule has 1 aliphatic rings. The van der Waals surface area contributed by atoms with Gasteiger partial charge in [-0.05, 0) is 19.1 Å². The van der Waals surface area contributed by atoms with Gasteiger partial charge in [0.25, 0.3) is 5.91 Å². The van der Waals surface area contributed by atoms with E-state index in [0.717, 1.165) is 0 Å². The van der Waals surface area contributed by atoms with Gasteiger partial charge < -0.3 is 10.0 Å². The van der Waals surface area contributed by atoms with E-state index in [1.807, 2.05) is 0 Å². The van der Waals surface area contributed by atoms with Gasteiger partial charge in [-0.2, -0.15) is 0 Å². The first-order valence-electron chi connectivity index (χ1n) is 6.01. The minimum absolute atomic E-state index is 0.0442. The topological polar surface area (TPSA) is 105 Å². The van der Waals surface area contributed by atoms with Gasteiger partial charge in [-0.15, -0.1) is 0 Å². The fourth-order valence-corrected chi connectivity index (χ4v) is 3.18. The number of sulfone groups is 1. The summed E-state index contributed by atoms with van der Waals surface area (Å²) in [7, 11) is -3.05. The number of nitrogens with zero attached hydrogens (tertiary/aromatic N) is 2. The van der Waals surface area contributed by atoms with E-state index in [2.05, 4.69) is 4.98 Å². The zero-order chi connectivity index (χ0) is 14.9. The number of carbonyl (C=O) groups is 2. The van der Waals surface area contributed by atoms with Gasteiger partial charge in [-0.3, -0.25) is 4.79 Å². The summed E-state index contributed by atoms with van der Waals surface area (Å²) in [6.07, 6.45) is 0. The Morgan fingerprint density at radius 2 is 1.85 bits per heavy atom. The molecule has 0 radical (unpaired) electrons. The number of aromatic carboxylic acids is 1. The van der Waals surface area contributed by atoms with Crippen molar-refractivity contribution in [3.05, 3.63) is 29.1 Å². The van der Waals surface area contributed by atoms with Crippen molar-refractivity contribution in [3.63, 3.8) is 0 Å². The predicted molar refractivity (Wildman–Crippen MR) is 70.5 cm³/mol. The molecule has 0 bridgehead atoms. The van der Waals surface area contributed by atoms with Crippen molar-refractivity contribution < 1.29 is 23.1 Å². The Hall–Kier alpha value is -1.96. The smallest absolute Gasteiger partial charge is 0.337 e. The zero-order valence-corrected chi connectivity index (χ0v) is 11.7. The Morgan fingerprint density at radius 1 is 1.25 bits per heavy atom. The number of hydrogen-bond acceptors (Lipinski definition) is 5. The van der Waals surface area contributed by atoms with Crippen LogP contribution in [0.2, 0.25) is 0 Å². The largest absolute Gasteiger partial charge is 0.478 e. The first-order chi connectivity index (χ1) is 9.30. The van der Waals surface area contributed by atoms with Gasteiger partial charge in [0.2, 0.25) is 0 Å². The maximum atomic E-state index is 12.2. The van der Waals surface area contributed by atoms with E-state index in [0.29, 0.717) is 0 Å². The van der Waals surface area contributed by atoms with E-state index in [9.17, 15) is 18.0 Å². The molecular weight excluding hydrogens is 284 g/mol. The molecule has 0 aliphatic carbocycles. The average molecular weight is 298 g/mol. The minimum atomic E-state index is -3.05. The molecule has 0 atom stereocenters. The van der Waals surface area contributed by atoms with Crippen LogP contribution in [0.3, 0.4) is 0 Å². The summed E-state index contributed by atoms with van der Waals surface area (Å²) in [5.74, 6) is -1.58. The van der Waals surface area contributed by atoms with E-state index in [-0.39, 0.29) is 47.5 Å². The fourth-order valence-electron chi connectivity index (χ4n) is 1.98. The van der Waals surface area contributed by atoms with Crippen molar-refractivity contribution in [3.8, 4) is 0 Å². The molecule has 1 amide bonds. The molecule has 1 N–H and O–H groups in total. The molecule has 1 aromatic rings. The Kier molecular flexibility index (Phi) is 3.76. The number of carboxylic acid groups (broad SMARTS) is 1. The molecule has 1 fully saturated rings. The van der Waals surface area contributed by atoms with Crippen molar-refractivity contribution in [2.45, 2.75) is 6.92 Å². The minimum Gasteiger partial charge on any atom is -0.478 e. The van der Waals surface area contributed by atoms with Crippen LogP contribution in [0, 0.1) is 6.92 Å². The quantitative estimate of drug-likeness (QED) is 0.821. The number of carbonyl (C=O) groups excluding carboxylic acids is 1. The van der Waals surface area contributed by atoms with Gasteiger partial charge in [-0.1, -0.05) is 0 Å². The Balaban J connectivity index is 2.18. The first kappa shape index (κ1) is 14.4. The van der Waals surface area contributed by atoms with Crippen molar-refractivity contribution in [2.75, 3.05) is 24.6 Å². The average Bonchev–Trinajstić information content (AvgIpc) is 2.37. The van der Waals surface area contributed by atoms with Crippen LogP contribution in [-0.2, 0) is 9.84 Å². The van der Waals surface area contributed by atoms with Crippen LogP contribution < -0.4 is 0 Å². The van der Waals surface area contributed by atoms with Crippen LogP contribution in [0.25, 0.3) is 0 Å². The highest BCUT2D eigenvalue weighted by Gasteiger charge is 2.26. The standard InChI is InChI=1S/C12H14N2O5S/c1-8-9(12(16)17)2-3-10(13-8)11(15)14-4-6-20(18,19)7-5-14/h2-3H,4-7H2,1H3,(H,16,17). The van der Waals surface area contributed by atoms with Crippen molar-refractivity contribution >= 4 is 21.7 Å². The number of carboxylic acids is 1. The van der Waals surface area contributed by atoms with E-state index < -0.39 is 15.8 Å². The van der Waals surface area contributed by atoms with Gasteiger partial charge in [0.1, 0.15) is 5.69 Å². The lowest BCUT2D eigenvalue weighted by Gasteiger charge is -2.26. The van der Waals surface area contributed by atoms with Crippen LogP contribution in [0.5, 0.6) is 0 Å². The maximum Gasteiger partial charge on any atom is 0.337 e. The summed E-state index contributed by atoms with van der Waals surface area (Å²) in [6.45, 7) is 1.80. The summed E-state index contributed by atoms with van der Waals surface area (Å²) in [5.41, 5.74) is 0.433. The normalized spacial score (nSPS) is 17.8. The summed E-state index contributed by atoms with van der Waals surface area (Å²) >= 11 is 0. The van der Waals surface area contributed by atoms with Crippen LogP contribution in [-0.4, -0.2) is 59.9 Å². The second-order valence-electron chi connectivity index (χ2n) is 4.58. The van der Waals surface area contributed by atoms with Crippen LogP contribution in [0.4, 0.5) is 0 Å². The SMILES string of the molecule is Cc1nc(C(=O)N2CCS(=O)(=O)CC2)ccc1C(=O)O.